The first kappa shape index (κ1) is 32.7. The lowest BCUT2D eigenvalue weighted by molar-refractivity contribution is -0.140. The third-order valence-electron chi connectivity index (χ3n) is 10.7. The Morgan fingerprint density at radius 1 is 0.809 bits per heavy atom. The molecule has 0 bridgehead atoms. The molecule has 1 aromatic heterocycles. The quantitative estimate of drug-likeness (QED) is 0.266. The minimum absolute atomic E-state index is 0.0120. The number of carbonyl (C=O) groups is 3. The van der Waals surface area contributed by atoms with E-state index in [2.05, 4.69) is 58.5 Å². The molecule has 0 saturated carbocycles. The average Bonchev–Trinajstić information content (AvgIpc) is 3.89. The van der Waals surface area contributed by atoms with Crippen LogP contribution in [0.5, 0.6) is 0 Å². The van der Waals surface area contributed by atoms with Crippen LogP contribution in [0.15, 0.2) is 53.7 Å². The lowest BCUT2D eigenvalue weighted by atomic mass is 9.94. The van der Waals surface area contributed by atoms with Crippen LogP contribution in [-0.4, -0.2) is 68.6 Å². The summed E-state index contributed by atoms with van der Waals surface area (Å²) >= 11 is 0. The molecule has 2 fully saturated rings. The van der Waals surface area contributed by atoms with E-state index in [0.29, 0.717) is 24.7 Å². The van der Waals surface area contributed by atoms with Crippen LogP contribution < -0.4 is 5.32 Å². The van der Waals surface area contributed by atoms with E-state index in [1.165, 1.54) is 5.57 Å². The maximum atomic E-state index is 13.4. The first-order chi connectivity index (χ1) is 22.5. The highest BCUT2D eigenvalue weighted by atomic mass is 16.2. The smallest absolute Gasteiger partial charge is 0.248 e. The Kier molecular flexibility index (Phi) is 9.35. The molecule has 9 nitrogen and oxygen atoms in total. The summed E-state index contributed by atoms with van der Waals surface area (Å²) in [5.74, 6) is 0.981. The first-order valence-corrected chi connectivity index (χ1v) is 17.3. The molecule has 0 spiro atoms. The monoisotopic (exact) mass is 636 g/mol. The Hall–Kier alpha value is -4.27. The van der Waals surface area contributed by atoms with Crippen LogP contribution in [0.3, 0.4) is 0 Å². The Morgan fingerprint density at radius 2 is 1.43 bits per heavy atom. The predicted octanol–water partition coefficient (Wildman–Crippen LogP) is 6.92. The van der Waals surface area contributed by atoms with Crippen molar-refractivity contribution < 1.29 is 14.4 Å². The number of nitrogens with zero attached hydrogens (tertiary/aromatic N) is 4. The highest BCUT2D eigenvalue weighted by molar-refractivity contribution is 6.05. The van der Waals surface area contributed by atoms with Crippen LogP contribution in [0.25, 0.3) is 27.6 Å². The number of benzene rings is 2. The molecule has 0 radical (unpaired) electrons. The number of aromatic amines is 1. The summed E-state index contributed by atoms with van der Waals surface area (Å²) in [7, 11) is 0. The standard InChI is InChI=1S/C38H48N6O3/c1-22(2)24(5)37(46)43-17-7-9-33(43)32-20-29(21-39-32)27-13-11-26(12-14-27)28-15-16-31-30(19-28)35(42-41-31)40-36(45)34-10-8-18-44(34)38(47)25(6)23(3)4/h11-16,19,21-25,33-34H,7-10,17-18,20H2,1-6H3,(H2,40,41,42,45)/t24-,25-,33-,34-/m0/s1. The molecule has 0 aliphatic carbocycles. The van der Waals surface area contributed by atoms with E-state index in [1.807, 2.05) is 52.1 Å². The summed E-state index contributed by atoms with van der Waals surface area (Å²) in [5.41, 5.74) is 6.28. The maximum absolute atomic E-state index is 13.4. The number of likely N-dealkylation sites (tertiary alicyclic amines) is 2. The largest absolute Gasteiger partial charge is 0.334 e. The second kappa shape index (κ2) is 13.5. The number of aromatic nitrogens is 2. The molecule has 9 heteroatoms. The summed E-state index contributed by atoms with van der Waals surface area (Å²) in [6.07, 6.45) is 6.19. The number of carbonyl (C=O) groups excluding carboxylic acids is 3. The number of hydrogen-bond acceptors (Lipinski definition) is 5. The normalized spacial score (nSPS) is 21.0. The lowest BCUT2D eigenvalue weighted by Crippen LogP contribution is -2.46. The van der Waals surface area contributed by atoms with E-state index >= 15 is 0 Å². The van der Waals surface area contributed by atoms with Crippen LogP contribution in [0, 0.1) is 23.7 Å². The summed E-state index contributed by atoms with van der Waals surface area (Å²) in [6.45, 7) is 13.7. The number of fused-ring (bicyclic) bond motifs is 1. The Bertz CT molecular complexity index is 1720. The van der Waals surface area contributed by atoms with E-state index in [1.54, 1.807) is 4.90 Å². The maximum Gasteiger partial charge on any atom is 0.248 e. The van der Waals surface area contributed by atoms with Crippen LogP contribution in [-0.2, 0) is 14.4 Å². The zero-order valence-corrected chi connectivity index (χ0v) is 28.5. The molecule has 4 heterocycles. The zero-order chi connectivity index (χ0) is 33.4. The molecule has 3 amide bonds. The van der Waals surface area contributed by atoms with Crippen molar-refractivity contribution >= 4 is 45.7 Å². The number of H-pyrrole nitrogens is 1. The fourth-order valence-electron chi connectivity index (χ4n) is 6.97. The molecular formula is C38H48N6O3. The van der Waals surface area contributed by atoms with E-state index in [-0.39, 0.29) is 41.5 Å². The zero-order valence-electron chi connectivity index (χ0n) is 28.5. The molecule has 3 aliphatic heterocycles. The molecule has 47 heavy (non-hydrogen) atoms. The minimum Gasteiger partial charge on any atom is -0.334 e. The number of rotatable bonds is 9. The third-order valence-corrected chi connectivity index (χ3v) is 10.7. The number of allylic oxidation sites excluding steroid dienone is 1. The van der Waals surface area contributed by atoms with Crippen molar-refractivity contribution in [3.8, 4) is 11.1 Å². The summed E-state index contributed by atoms with van der Waals surface area (Å²) in [6, 6.07) is 14.2. The van der Waals surface area contributed by atoms with Crippen LogP contribution in [0.1, 0.15) is 79.2 Å². The fourth-order valence-corrected chi connectivity index (χ4v) is 6.97. The van der Waals surface area contributed by atoms with Gasteiger partial charge in [0.2, 0.25) is 17.7 Å². The van der Waals surface area contributed by atoms with Gasteiger partial charge in [0.25, 0.3) is 0 Å². The predicted molar refractivity (Wildman–Crippen MR) is 188 cm³/mol. The molecule has 2 aromatic carbocycles. The van der Waals surface area contributed by atoms with Crippen molar-refractivity contribution in [3.63, 3.8) is 0 Å². The molecule has 248 valence electrons. The van der Waals surface area contributed by atoms with Crippen molar-refractivity contribution in [2.75, 3.05) is 18.4 Å². The van der Waals surface area contributed by atoms with Gasteiger partial charge in [-0.3, -0.25) is 24.5 Å². The number of anilines is 1. The summed E-state index contributed by atoms with van der Waals surface area (Å²) in [4.78, 5) is 48.3. The highest BCUT2D eigenvalue weighted by Crippen LogP contribution is 2.34. The van der Waals surface area contributed by atoms with Crippen LogP contribution in [0.4, 0.5) is 5.82 Å². The van der Waals surface area contributed by atoms with Gasteiger partial charge in [0.05, 0.1) is 11.6 Å². The van der Waals surface area contributed by atoms with Crippen molar-refractivity contribution in [3.05, 3.63) is 54.2 Å². The third kappa shape index (κ3) is 6.49. The summed E-state index contributed by atoms with van der Waals surface area (Å²) < 4.78 is 0. The van der Waals surface area contributed by atoms with Crippen molar-refractivity contribution in [1.82, 2.24) is 20.0 Å². The topological polar surface area (TPSA) is 111 Å². The molecule has 2 saturated heterocycles. The molecular weight excluding hydrogens is 588 g/mol. The molecule has 3 aliphatic rings. The molecule has 2 N–H and O–H groups in total. The van der Waals surface area contributed by atoms with Gasteiger partial charge in [-0.1, -0.05) is 71.9 Å². The Labute approximate surface area is 277 Å². The van der Waals surface area contributed by atoms with Crippen molar-refractivity contribution in [2.45, 2.75) is 85.7 Å². The van der Waals surface area contributed by atoms with Gasteiger partial charge < -0.3 is 15.1 Å². The Balaban J connectivity index is 1.12. The highest BCUT2D eigenvalue weighted by Gasteiger charge is 2.38. The average molecular weight is 637 g/mol. The second-order valence-corrected chi connectivity index (χ2v) is 14.3. The Morgan fingerprint density at radius 3 is 2.13 bits per heavy atom. The van der Waals surface area contributed by atoms with Gasteiger partial charge in [-0.05, 0) is 71.9 Å². The van der Waals surface area contributed by atoms with Gasteiger partial charge in [-0.2, -0.15) is 5.10 Å². The first-order valence-electron chi connectivity index (χ1n) is 17.3. The van der Waals surface area contributed by atoms with E-state index < -0.39 is 6.04 Å². The number of nitrogens with one attached hydrogen (secondary N) is 2. The van der Waals surface area contributed by atoms with Gasteiger partial charge in [0.15, 0.2) is 5.82 Å². The number of aliphatic imine (C=N–C) groups is 1. The summed E-state index contributed by atoms with van der Waals surface area (Å²) in [5, 5.41) is 11.3. The van der Waals surface area contributed by atoms with Gasteiger partial charge in [-0.25, -0.2) is 0 Å². The lowest BCUT2D eigenvalue weighted by Gasteiger charge is -2.29. The minimum atomic E-state index is -0.485. The van der Waals surface area contributed by atoms with Gasteiger partial charge >= 0.3 is 0 Å². The number of amides is 3. The molecule has 0 unspecified atom stereocenters. The molecule has 4 atom stereocenters. The van der Waals surface area contributed by atoms with Crippen LogP contribution >= 0.6 is 0 Å². The fraction of sp³-hybridized carbons (Fsp3) is 0.500. The van der Waals surface area contributed by atoms with Crippen molar-refractivity contribution in [1.29, 1.82) is 0 Å². The van der Waals surface area contributed by atoms with Gasteiger partial charge in [0, 0.05) is 48.6 Å². The van der Waals surface area contributed by atoms with Gasteiger partial charge in [-0.15, -0.1) is 0 Å². The molecule has 3 aromatic rings. The van der Waals surface area contributed by atoms with E-state index in [9.17, 15) is 14.4 Å². The van der Waals surface area contributed by atoms with Gasteiger partial charge in [0.1, 0.15) is 6.04 Å². The SMILES string of the molecule is CC(C)[C@H](C)C(=O)N1CCC[C@H]1C(=O)Nc1n[nH]c2ccc(-c3ccc(C4=CN=C([C@@H]5CCCN5C(=O)[C@@H](C)C(C)C)C4)cc3)cc12. The molecule has 6 rings (SSSR count). The van der Waals surface area contributed by atoms with Crippen LogP contribution in [0.2, 0.25) is 0 Å². The number of hydrogen-bond donors (Lipinski definition) is 2. The van der Waals surface area contributed by atoms with Crippen molar-refractivity contribution in [2.24, 2.45) is 28.7 Å². The second-order valence-electron chi connectivity index (χ2n) is 14.3. The van der Waals surface area contributed by atoms with E-state index in [4.69, 9.17) is 4.99 Å². The van der Waals surface area contributed by atoms with E-state index in [0.717, 1.165) is 65.5 Å².